The SMILES string of the molecule is COC(=O)C[C@H]1C[C@@]1(CC(=O)OC)NC(=O)OC(C)(C)C. The van der Waals surface area contributed by atoms with Crippen molar-refractivity contribution in [2.45, 2.75) is 51.2 Å². The molecule has 0 radical (unpaired) electrons. The zero-order valence-electron chi connectivity index (χ0n) is 13.1. The normalized spacial score (nSPS) is 24.0. The van der Waals surface area contributed by atoms with Gasteiger partial charge >= 0.3 is 18.0 Å². The Kier molecular flexibility index (Phi) is 5.20. The highest BCUT2D eigenvalue weighted by atomic mass is 16.6. The van der Waals surface area contributed by atoms with Gasteiger partial charge in [0.2, 0.25) is 0 Å². The molecule has 1 fully saturated rings. The minimum Gasteiger partial charge on any atom is -0.469 e. The van der Waals surface area contributed by atoms with Gasteiger partial charge in [-0.05, 0) is 33.1 Å². The average molecular weight is 301 g/mol. The van der Waals surface area contributed by atoms with Crippen LogP contribution >= 0.6 is 0 Å². The van der Waals surface area contributed by atoms with E-state index in [1.54, 1.807) is 20.8 Å². The maximum atomic E-state index is 11.9. The van der Waals surface area contributed by atoms with E-state index >= 15 is 0 Å². The minimum atomic E-state index is -0.788. The van der Waals surface area contributed by atoms with E-state index in [0.29, 0.717) is 6.42 Å². The standard InChI is InChI=1S/C14H23NO6/c1-13(2,3)21-12(18)15-14(8-11(17)20-5)7-9(14)6-10(16)19-4/h9H,6-8H2,1-5H3,(H,15,18)/t9-,14-/m0/s1. The van der Waals surface area contributed by atoms with E-state index in [1.165, 1.54) is 14.2 Å². The molecular weight excluding hydrogens is 278 g/mol. The largest absolute Gasteiger partial charge is 0.469 e. The summed E-state index contributed by atoms with van der Waals surface area (Å²) in [6.07, 6.45) is 0.0446. The van der Waals surface area contributed by atoms with Gasteiger partial charge in [0.05, 0.1) is 32.6 Å². The van der Waals surface area contributed by atoms with Crippen molar-refractivity contribution in [3.05, 3.63) is 0 Å². The smallest absolute Gasteiger partial charge is 0.408 e. The summed E-state index contributed by atoms with van der Waals surface area (Å²) in [6, 6.07) is 0. The van der Waals surface area contributed by atoms with Crippen molar-refractivity contribution in [1.29, 1.82) is 0 Å². The molecule has 0 aromatic heterocycles. The molecule has 0 aromatic rings. The van der Waals surface area contributed by atoms with Crippen LogP contribution in [0.3, 0.4) is 0 Å². The first kappa shape index (κ1) is 17.3. The van der Waals surface area contributed by atoms with Gasteiger partial charge in [0.25, 0.3) is 0 Å². The van der Waals surface area contributed by atoms with Gasteiger partial charge in [0.15, 0.2) is 0 Å². The molecule has 120 valence electrons. The molecule has 1 N–H and O–H groups in total. The molecule has 0 aliphatic heterocycles. The van der Waals surface area contributed by atoms with Gasteiger partial charge in [-0.25, -0.2) is 4.79 Å². The van der Waals surface area contributed by atoms with Crippen LogP contribution in [0, 0.1) is 5.92 Å². The summed E-state index contributed by atoms with van der Waals surface area (Å²) in [7, 11) is 2.58. The van der Waals surface area contributed by atoms with Gasteiger partial charge in [-0.2, -0.15) is 0 Å². The van der Waals surface area contributed by atoms with Gasteiger partial charge in [-0.15, -0.1) is 0 Å². The highest BCUT2D eigenvalue weighted by Gasteiger charge is 2.57. The summed E-state index contributed by atoms with van der Waals surface area (Å²) in [5.74, 6) is -0.979. The van der Waals surface area contributed by atoms with Crippen LogP contribution in [0.25, 0.3) is 0 Å². The summed E-state index contributed by atoms with van der Waals surface area (Å²) in [5.41, 5.74) is -1.42. The second kappa shape index (κ2) is 6.32. The van der Waals surface area contributed by atoms with E-state index in [9.17, 15) is 14.4 Å². The molecule has 1 amide bonds. The van der Waals surface area contributed by atoms with Crippen molar-refractivity contribution in [2.24, 2.45) is 5.92 Å². The van der Waals surface area contributed by atoms with Crippen molar-refractivity contribution in [1.82, 2.24) is 5.32 Å². The lowest BCUT2D eigenvalue weighted by Crippen LogP contribution is -2.43. The number of hydrogen-bond acceptors (Lipinski definition) is 6. The van der Waals surface area contributed by atoms with Gasteiger partial charge in [-0.1, -0.05) is 0 Å². The van der Waals surface area contributed by atoms with Gasteiger partial charge < -0.3 is 19.5 Å². The first-order valence-electron chi connectivity index (χ1n) is 6.76. The Bertz CT molecular complexity index is 428. The van der Waals surface area contributed by atoms with E-state index in [4.69, 9.17) is 4.74 Å². The Balaban J connectivity index is 2.69. The van der Waals surface area contributed by atoms with Crippen LogP contribution in [0.1, 0.15) is 40.0 Å². The number of esters is 2. The topological polar surface area (TPSA) is 90.9 Å². The van der Waals surface area contributed by atoms with Crippen LogP contribution in [0.2, 0.25) is 0 Å². The van der Waals surface area contributed by atoms with Crippen molar-refractivity contribution in [3.8, 4) is 0 Å². The van der Waals surface area contributed by atoms with Crippen molar-refractivity contribution in [2.75, 3.05) is 14.2 Å². The van der Waals surface area contributed by atoms with Crippen LogP contribution < -0.4 is 5.32 Å². The molecule has 0 heterocycles. The van der Waals surface area contributed by atoms with Crippen LogP contribution in [0.4, 0.5) is 4.79 Å². The summed E-state index contributed by atoms with van der Waals surface area (Å²) < 4.78 is 14.4. The van der Waals surface area contributed by atoms with Crippen molar-refractivity contribution in [3.63, 3.8) is 0 Å². The van der Waals surface area contributed by atoms with Crippen LogP contribution in [-0.2, 0) is 23.8 Å². The molecule has 1 rings (SSSR count). The molecule has 0 aromatic carbocycles. The Labute approximate surface area is 124 Å². The summed E-state index contributed by atoms with van der Waals surface area (Å²) in [5, 5.41) is 2.70. The third-order valence-electron chi connectivity index (χ3n) is 3.31. The maximum absolute atomic E-state index is 11.9. The highest BCUT2D eigenvalue weighted by Crippen LogP contribution is 2.49. The molecule has 7 nitrogen and oxygen atoms in total. The average Bonchev–Trinajstić information content (AvgIpc) is 2.97. The highest BCUT2D eigenvalue weighted by molar-refractivity contribution is 5.77. The molecular formula is C14H23NO6. The number of methoxy groups -OCH3 is 2. The first-order valence-corrected chi connectivity index (χ1v) is 6.76. The van der Waals surface area contributed by atoms with Crippen molar-refractivity contribution >= 4 is 18.0 Å². The Hall–Kier alpha value is -1.79. The fourth-order valence-corrected chi connectivity index (χ4v) is 2.18. The van der Waals surface area contributed by atoms with Crippen LogP contribution in [-0.4, -0.2) is 43.4 Å². The summed E-state index contributed by atoms with van der Waals surface area (Å²) in [4.78, 5) is 34.7. The monoisotopic (exact) mass is 301 g/mol. The fraction of sp³-hybridized carbons (Fsp3) is 0.786. The van der Waals surface area contributed by atoms with Crippen LogP contribution in [0.5, 0.6) is 0 Å². The number of amides is 1. The molecule has 7 heteroatoms. The molecule has 0 unspecified atom stereocenters. The fourth-order valence-electron chi connectivity index (χ4n) is 2.18. The second-order valence-electron chi connectivity index (χ2n) is 6.22. The third-order valence-corrected chi connectivity index (χ3v) is 3.31. The maximum Gasteiger partial charge on any atom is 0.408 e. The summed E-state index contributed by atoms with van der Waals surface area (Å²) in [6.45, 7) is 5.25. The zero-order chi connectivity index (χ0) is 16.3. The van der Waals surface area contributed by atoms with Gasteiger partial charge in [0, 0.05) is 0 Å². The van der Waals surface area contributed by atoms with E-state index < -0.39 is 23.2 Å². The number of hydrogen-bond donors (Lipinski definition) is 1. The Morgan fingerprint density at radius 1 is 1.14 bits per heavy atom. The molecule has 2 atom stereocenters. The third kappa shape index (κ3) is 5.24. The first-order chi connectivity index (χ1) is 9.62. The van der Waals surface area contributed by atoms with Crippen molar-refractivity contribution < 1.29 is 28.6 Å². The quantitative estimate of drug-likeness (QED) is 0.609. The molecule has 0 saturated heterocycles. The predicted octanol–water partition coefficient (Wildman–Crippen LogP) is 1.40. The minimum absolute atomic E-state index is 0.00437. The summed E-state index contributed by atoms with van der Waals surface area (Å²) >= 11 is 0. The molecule has 1 aliphatic rings. The Morgan fingerprint density at radius 3 is 2.19 bits per heavy atom. The number of rotatable bonds is 5. The second-order valence-corrected chi connectivity index (χ2v) is 6.22. The number of carbonyl (C=O) groups excluding carboxylic acids is 3. The van der Waals surface area contributed by atoms with E-state index in [-0.39, 0.29) is 24.7 Å². The number of carbonyl (C=O) groups is 3. The molecule has 1 aliphatic carbocycles. The molecule has 0 spiro atoms. The molecule has 0 bridgehead atoms. The lowest BCUT2D eigenvalue weighted by atomic mass is 10.1. The molecule has 1 saturated carbocycles. The number of nitrogens with one attached hydrogen (secondary N) is 1. The Morgan fingerprint density at radius 2 is 1.71 bits per heavy atom. The number of alkyl carbamates (subject to hydrolysis) is 1. The predicted molar refractivity (Wildman–Crippen MR) is 73.5 cm³/mol. The van der Waals surface area contributed by atoms with Gasteiger partial charge in [-0.3, -0.25) is 9.59 Å². The van der Waals surface area contributed by atoms with E-state index in [0.717, 1.165) is 0 Å². The molecule has 21 heavy (non-hydrogen) atoms. The van der Waals surface area contributed by atoms with E-state index in [2.05, 4.69) is 14.8 Å². The lowest BCUT2D eigenvalue weighted by molar-refractivity contribution is -0.143. The number of ether oxygens (including phenoxy) is 3. The van der Waals surface area contributed by atoms with E-state index in [1.807, 2.05) is 0 Å². The zero-order valence-corrected chi connectivity index (χ0v) is 13.1. The lowest BCUT2D eigenvalue weighted by Gasteiger charge is -2.23. The van der Waals surface area contributed by atoms with Crippen LogP contribution in [0.15, 0.2) is 0 Å². The van der Waals surface area contributed by atoms with Gasteiger partial charge in [0.1, 0.15) is 5.60 Å².